The number of rotatable bonds is 4. The minimum absolute atomic E-state index is 0.757. The first-order valence-electron chi connectivity index (χ1n) is 16.8. The molecule has 0 radical (unpaired) electrons. The van der Waals surface area contributed by atoms with Gasteiger partial charge in [0, 0.05) is 39.5 Å². The second kappa shape index (κ2) is 10.6. The van der Waals surface area contributed by atoms with Crippen LogP contribution >= 0.6 is 7.14 Å². The number of hydrogen-bond acceptors (Lipinski definition) is 3. The fourth-order valence-electron chi connectivity index (χ4n) is 8.11. The van der Waals surface area contributed by atoms with E-state index in [-0.39, 0.29) is 0 Å². The van der Waals surface area contributed by atoms with Gasteiger partial charge in [-0.15, -0.1) is 0 Å². The molecule has 1 aliphatic heterocycles. The minimum Gasteiger partial charge on any atom is -0.308 e. The summed E-state index contributed by atoms with van der Waals surface area (Å²) in [5, 5.41) is 8.34. The van der Waals surface area contributed by atoms with Gasteiger partial charge in [-0.2, -0.15) is 0 Å². The molecule has 4 nitrogen and oxygen atoms in total. The van der Waals surface area contributed by atoms with Crippen LogP contribution in [0.15, 0.2) is 152 Å². The number of aromatic nitrogens is 3. The lowest BCUT2D eigenvalue weighted by molar-refractivity contribution is 0.592. The van der Waals surface area contributed by atoms with Crippen molar-refractivity contribution in [2.45, 2.75) is 13.3 Å². The van der Waals surface area contributed by atoms with Gasteiger partial charge < -0.3 is 4.57 Å². The van der Waals surface area contributed by atoms with Crippen molar-refractivity contribution in [2.24, 2.45) is 0 Å². The Kier molecular flexibility index (Phi) is 6.09. The molecule has 0 N–H and O–H groups in total. The third-order valence-corrected chi connectivity index (χ3v) is 13.3. The number of nitrogens with zero attached hydrogens (tertiary/aromatic N) is 3. The summed E-state index contributed by atoms with van der Waals surface area (Å²) >= 11 is 0. The Balaban J connectivity index is 1.32. The van der Waals surface area contributed by atoms with Crippen molar-refractivity contribution in [3.8, 4) is 27.9 Å². The van der Waals surface area contributed by atoms with Crippen LogP contribution in [-0.4, -0.2) is 14.5 Å². The Morgan fingerprint density at radius 3 is 2.04 bits per heavy atom. The Morgan fingerprint density at radius 2 is 1.31 bits per heavy atom. The first-order valence-corrected chi connectivity index (χ1v) is 18.5. The highest BCUT2D eigenvalue weighted by Gasteiger charge is 2.40. The summed E-state index contributed by atoms with van der Waals surface area (Å²) in [7, 11) is -3.21. The zero-order valence-corrected chi connectivity index (χ0v) is 27.7. The molecule has 232 valence electrons. The lowest BCUT2D eigenvalue weighted by Crippen LogP contribution is -2.33. The van der Waals surface area contributed by atoms with Crippen molar-refractivity contribution in [1.29, 1.82) is 0 Å². The Hall–Kier alpha value is -5.83. The molecule has 5 heteroatoms. The van der Waals surface area contributed by atoms with Crippen LogP contribution in [0.3, 0.4) is 0 Å². The van der Waals surface area contributed by atoms with Gasteiger partial charge >= 0.3 is 0 Å². The molecule has 0 spiro atoms. The molecule has 2 aromatic heterocycles. The summed E-state index contributed by atoms with van der Waals surface area (Å²) in [6, 6.07) is 50.6. The van der Waals surface area contributed by atoms with E-state index in [0.717, 1.165) is 83.2 Å². The van der Waals surface area contributed by atoms with Crippen molar-refractivity contribution in [3.05, 3.63) is 158 Å². The van der Waals surface area contributed by atoms with Crippen molar-refractivity contribution < 1.29 is 4.57 Å². The minimum atomic E-state index is -3.21. The molecule has 1 atom stereocenters. The van der Waals surface area contributed by atoms with E-state index in [1.165, 1.54) is 16.3 Å². The van der Waals surface area contributed by atoms with Crippen LogP contribution in [0.1, 0.15) is 12.7 Å². The third-order valence-electron chi connectivity index (χ3n) is 10.2. The second-order valence-electron chi connectivity index (χ2n) is 12.7. The maximum absolute atomic E-state index is 15.7. The Bertz CT molecular complexity index is 2790. The molecule has 0 amide bonds. The zero-order chi connectivity index (χ0) is 32.7. The molecule has 9 aromatic rings. The van der Waals surface area contributed by atoms with E-state index < -0.39 is 7.14 Å². The average molecular weight is 648 g/mol. The van der Waals surface area contributed by atoms with Crippen LogP contribution in [0.4, 0.5) is 0 Å². The van der Waals surface area contributed by atoms with Crippen LogP contribution in [0.5, 0.6) is 0 Å². The molecule has 0 aliphatic carbocycles. The van der Waals surface area contributed by atoms with E-state index in [0.29, 0.717) is 0 Å². The summed E-state index contributed by atoms with van der Waals surface area (Å²) in [4.78, 5) is 9.92. The van der Waals surface area contributed by atoms with Crippen LogP contribution in [0.2, 0.25) is 0 Å². The highest BCUT2D eigenvalue weighted by Crippen LogP contribution is 2.51. The van der Waals surface area contributed by atoms with Gasteiger partial charge in [-0.25, -0.2) is 4.98 Å². The van der Waals surface area contributed by atoms with Crippen LogP contribution in [0, 0.1) is 0 Å². The van der Waals surface area contributed by atoms with Crippen LogP contribution < -0.4 is 15.9 Å². The van der Waals surface area contributed by atoms with Crippen molar-refractivity contribution in [3.63, 3.8) is 0 Å². The first-order chi connectivity index (χ1) is 24.2. The first kappa shape index (κ1) is 28.2. The normalized spacial score (nSPS) is 15.3. The van der Waals surface area contributed by atoms with E-state index in [2.05, 4.69) is 102 Å². The van der Waals surface area contributed by atoms with Gasteiger partial charge in [-0.05, 0) is 68.6 Å². The summed E-state index contributed by atoms with van der Waals surface area (Å²) in [6.07, 6.45) is 2.63. The molecule has 0 fully saturated rings. The molecule has 1 aliphatic rings. The fraction of sp³-hybridized carbons (Fsp3) is 0.0455. The largest absolute Gasteiger partial charge is 0.308 e. The summed E-state index contributed by atoms with van der Waals surface area (Å²) in [5.41, 5.74) is 8.31. The van der Waals surface area contributed by atoms with E-state index >= 15 is 4.57 Å². The predicted molar refractivity (Wildman–Crippen MR) is 205 cm³/mol. The van der Waals surface area contributed by atoms with Gasteiger partial charge in [0.15, 0.2) is 7.14 Å². The quantitative estimate of drug-likeness (QED) is 0.141. The molecule has 3 heterocycles. The van der Waals surface area contributed by atoms with Crippen LogP contribution in [-0.2, 0) is 11.0 Å². The second-order valence-corrected chi connectivity index (χ2v) is 15.4. The summed E-state index contributed by atoms with van der Waals surface area (Å²) < 4.78 is 18.0. The van der Waals surface area contributed by atoms with E-state index in [1.807, 2.05) is 60.8 Å². The maximum Gasteiger partial charge on any atom is 0.175 e. The fourth-order valence-corrected chi connectivity index (χ4v) is 11.1. The predicted octanol–water partition coefficient (Wildman–Crippen LogP) is 9.73. The van der Waals surface area contributed by atoms with E-state index in [9.17, 15) is 0 Å². The highest BCUT2D eigenvalue weighted by molar-refractivity contribution is 7.86. The molecule has 7 aromatic carbocycles. The molecular formula is C44H30N3OP. The van der Waals surface area contributed by atoms with Crippen LogP contribution in [0.25, 0.3) is 71.4 Å². The summed E-state index contributed by atoms with van der Waals surface area (Å²) in [5.74, 6) is 0.966. The van der Waals surface area contributed by atoms with Gasteiger partial charge in [0.1, 0.15) is 5.82 Å². The molecular weight excluding hydrogens is 617 g/mol. The van der Waals surface area contributed by atoms with E-state index in [1.54, 1.807) is 0 Å². The van der Waals surface area contributed by atoms with Gasteiger partial charge in [-0.1, -0.05) is 122 Å². The lowest BCUT2D eigenvalue weighted by atomic mass is 9.85. The molecule has 0 bridgehead atoms. The molecule has 1 unspecified atom stereocenters. The molecule has 49 heavy (non-hydrogen) atoms. The summed E-state index contributed by atoms with van der Waals surface area (Å²) in [6.45, 7) is 2.14. The van der Waals surface area contributed by atoms with Gasteiger partial charge in [0.05, 0.1) is 22.2 Å². The number of pyridine rings is 1. The van der Waals surface area contributed by atoms with Gasteiger partial charge in [-0.3, -0.25) is 9.55 Å². The SMILES string of the molecule is CCc1nc2cccc3c2n1-c1cc(-c2c4ccccc4c(-c4cccc5cccnc45)c4ccccc24)ccc1P3(=O)c1ccccc1. The molecule has 10 rings (SSSR count). The molecule has 0 saturated heterocycles. The van der Waals surface area contributed by atoms with Crippen molar-refractivity contribution in [1.82, 2.24) is 14.5 Å². The lowest BCUT2D eigenvalue weighted by Gasteiger charge is -2.30. The number of fused-ring (bicyclic) bond motifs is 5. The number of para-hydroxylation sites is 2. The van der Waals surface area contributed by atoms with Gasteiger partial charge in [0.2, 0.25) is 0 Å². The Morgan fingerprint density at radius 1 is 0.633 bits per heavy atom. The number of imidazole rings is 1. The Labute approximate surface area is 283 Å². The zero-order valence-electron chi connectivity index (χ0n) is 26.8. The molecule has 0 saturated carbocycles. The third kappa shape index (κ3) is 3.90. The average Bonchev–Trinajstić information content (AvgIpc) is 3.55. The standard InChI is InChI=1S/C44H30N3OP/c1-2-40-46-36-22-11-23-39-44(36)47(40)37-27-29(24-25-38(37)49(39,48)30-15-4-3-5-16-30)41-31-17-6-8-19-33(31)42(34-20-9-7-18-32(34)41)35-21-10-13-28-14-12-26-45-43(28)35/h3-27H,2H2,1H3. The number of aryl methyl sites for hydroxylation is 1. The topological polar surface area (TPSA) is 47.8 Å². The van der Waals surface area contributed by atoms with Crippen molar-refractivity contribution in [2.75, 3.05) is 0 Å². The van der Waals surface area contributed by atoms with Gasteiger partial charge in [0.25, 0.3) is 0 Å². The van der Waals surface area contributed by atoms with E-state index in [4.69, 9.17) is 9.97 Å². The number of hydrogen-bond donors (Lipinski definition) is 0. The highest BCUT2D eigenvalue weighted by atomic mass is 31.2. The number of benzene rings is 7. The monoisotopic (exact) mass is 647 g/mol. The smallest absolute Gasteiger partial charge is 0.175 e. The van der Waals surface area contributed by atoms with Crippen molar-refractivity contribution >= 4 is 66.5 Å². The maximum atomic E-state index is 15.7.